The Morgan fingerprint density at radius 3 is 2.39 bits per heavy atom. The first kappa shape index (κ1) is 18.3. The van der Waals surface area contributed by atoms with E-state index >= 15 is 0 Å². The predicted molar refractivity (Wildman–Crippen MR) is 87.8 cm³/mol. The molecule has 0 bridgehead atoms. The summed E-state index contributed by atoms with van der Waals surface area (Å²) in [6, 6.07) is 2.50. The quantitative estimate of drug-likeness (QED) is 0.810. The minimum atomic E-state index is -4.11. The van der Waals surface area contributed by atoms with Gasteiger partial charge in [0.1, 0.15) is 4.90 Å². The van der Waals surface area contributed by atoms with Crippen molar-refractivity contribution in [3.05, 3.63) is 37.8 Å². The Hall–Kier alpha value is -1.06. The van der Waals surface area contributed by atoms with Crippen LogP contribution in [-0.4, -0.2) is 19.4 Å². The molecule has 0 fully saturated rings. The summed E-state index contributed by atoms with van der Waals surface area (Å²) in [7, 11) is -4.11. The van der Waals surface area contributed by atoms with Gasteiger partial charge in [-0.1, -0.05) is 34.8 Å². The smallest absolute Gasteiger partial charge is 0.266 e. The third-order valence-corrected chi connectivity index (χ3v) is 6.33. The lowest BCUT2D eigenvalue weighted by Crippen LogP contribution is -2.24. The molecular formula is C12H8Cl3N2O4S2-. The van der Waals surface area contributed by atoms with Crippen molar-refractivity contribution < 1.29 is 18.3 Å². The maximum Gasteiger partial charge on any atom is 0.266 e. The van der Waals surface area contributed by atoms with Crippen molar-refractivity contribution >= 4 is 67.3 Å². The molecule has 0 aliphatic carbocycles. The molecule has 124 valence electrons. The summed E-state index contributed by atoms with van der Waals surface area (Å²) in [6.45, 7) is 1.56. The van der Waals surface area contributed by atoms with Gasteiger partial charge in [0.2, 0.25) is 0 Å². The van der Waals surface area contributed by atoms with Crippen LogP contribution in [0.25, 0.3) is 0 Å². The SMILES string of the molecule is Cc1nc(NS(=O)(=O)c2c(Cl)cc(Cl)cc2Cl)sc1CC(=O)[O-]. The van der Waals surface area contributed by atoms with Gasteiger partial charge in [-0.25, -0.2) is 13.4 Å². The number of carboxylic acids is 1. The molecule has 1 aromatic heterocycles. The number of thiazole rings is 1. The summed E-state index contributed by atoms with van der Waals surface area (Å²) < 4.78 is 27.0. The number of benzene rings is 1. The number of carboxylic acid groups (broad SMARTS) is 1. The Kier molecular flexibility index (Phi) is 5.42. The third kappa shape index (κ3) is 4.27. The van der Waals surface area contributed by atoms with E-state index in [0.29, 0.717) is 10.6 Å². The van der Waals surface area contributed by atoms with Crippen LogP contribution in [0.1, 0.15) is 10.6 Å². The van der Waals surface area contributed by atoms with E-state index in [1.807, 2.05) is 0 Å². The number of halogens is 3. The van der Waals surface area contributed by atoms with E-state index in [9.17, 15) is 18.3 Å². The highest BCUT2D eigenvalue weighted by Crippen LogP contribution is 2.34. The fourth-order valence-corrected chi connectivity index (χ4v) is 5.45. The Bertz CT molecular complexity index is 857. The second-order valence-corrected chi connectivity index (χ2v) is 8.33. The highest BCUT2D eigenvalue weighted by molar-refractivity contribution is 7.93. The number of nitrogens with one attached hydrogen (secondary N) is 1. The molecule has 0 aliphatic heterocycles. The van der Waals surface area contributed by atoms with Gasteiger partial charge in [-0.15, -0.1) is 11.3 Å². The highest BCUT2D eigenvalue weighted by atomic mass is 35.5. The summed E-state index contributed by atoms with van der Waals surface area (Å²) in [6.07, 6.45) is -0.353. The van der Waals surface area contributed by atoms with Gasteiger partial charge in [-0.05, 0) is 19.1 Å². The second kappa shape index (κ2) is 6.82. The maximum atomic E-state index is 12.4. The van der Waals surface area contributed by atoms with Gasteiger partial charge in [0.25, 0.3) is 10.0 Å². The molecule has 6 nitrogen and oxygen atoms in total. The predicted octanol–water partition coefficient (Wildman–Crippen LogP) is 2.50. The van der Waals surface area contributed by atoms with E-state index in [1.54, 1.807) is 6.92 Å². The molecule has 0 radical (unpaired) electrons. The largest absolute Gasteiger partial charge is 0.550 e. The van der Waals surface area contributed by atoms with Crippen molar-refractivity contribution in [3.8, 4) is 0 Å². The van der Waals surface area contributed by atoms with Crippen molar-refractivity contribution in [3.63, 3.8) is 0 Å². The lowest BCUT2D eigenvalue weighted by Gasteiger charge is -2.09. The van der Waals surface area contributed by atoms with E-state index in [4.69, 9.17) is 34.8 Å². The molecule has 0 atom stereocenters. The Labute approximate surface area is 151 Å². The maximum absolute atomic E-state index is 12.4. The molecular weight excluding hydrogens is 407 g/mol. The first-order valence-electron chi connectivity index (χ1n) is 5.93. The first-order chi connectivity index (χ1) is 10.6. The van der Waals surface area contributed by atoms with E-state index in [-0.39, 0.29) is 31.5 Å². The van der Waals surface area contributed by atoms with Crippen molar-refractivity contribution in [2.24, 2.45) is 0 Å². The van der Waals surface area contributed by atoms with Gasteiger partial charge in [0.15, 0.2) is 5.13 Å². The lowest BCUT2D eigenvalue weighted by molar-refractivity contribution is -0.304. The monoisotopic (exact) mass is 413 g/mol. The molecule has 0 amide bonds. The molecule has 2 rings (SSSR count). The van der Waals surface area contributed by atoms with Crippen LogP contribution in [0.15, 0.2) is 17.0 Å². The number of nitrogens with zero attached hydrogens (tertiary/aromatic N) is 1. The number of sulfonamides is 1. The van der Waals surface area contributed by atoms with Crippen LogP contribution >= 0.6 is 46.1 Å². The van der Waals surface area contributed by atoms with Gasteiger partial charge < -0.3 is 9.90 Å². The normalized spacial score (nSPS) is 11.5. The van der Waals surface area contributed by atoms with Crippen LogP contribution in [0.5, 0.6) is 0 Å². The van der Waals surface area contributed by atoms with Gasteiger partial charge in [-0.2, -0.15) is 0 Å². The summed E-state index contributed by atoms with van der Waals surface area (Å²) in [5.74, 6) is -1.28. The van der Waals surface area contributed by atoms with Crippen molar-refractivity contribution in [2.75, 3.05) is 4.72 Å². The molecule has 0 unspecified atom stereocenters. The fourth-order valence-electron chi connectivity index (χ4n) is 1.72. The average molecular weight is 415 g/mol. The lowest BCUT2D eigenvalue weighted by atomic mass is 10.3. The van der Waals surface area contributed by atoms with E-state index in [2.05, 4.69) is 9.71 Å². The molecule has 0 saturated heterocycles. The summed E-state index contributed by atoms with van der Waals surface area (Å²) in [5, 5.41) is 10.6. The van der Waals surface area contributed by atoms with Crippen molar-refractivity contribution in [1.29, 1.82) is 0 Å². The van der Waals surface area contributed by atoms with Crippen LogP contribution < -0.4 is 9.83 Å². The Morgan fingerprint density at radius 2 is 1.87 bits per heavy atom. The zero-order chi connectivity index (χ0) is 17.4. The van der Waals surface area contributed by atoms with E-state index in [0.717, 1.165) is 11.3 Å². The molecule has 23 heavy (non-hydrogen) atoms. The van der Waals surface area contributed by atoms with E-state index in [1.165, 1.54) is 12.1 Å². The van der Waals surface area contributed by atoms with Gasteiger partial charge in [0.05, 0.1) is 15.7 Å². The highest BCUT2D eigenvalue weighted by Gasteiger charge is 2.24. The Morgan fingerprint density at radius 1 is 1.30 bits per heavy atom. The second-order valence-electron chi connectivity index (χ2n) is 4.38. The number of rotatable bonds is 5. The standard InChI is InChI=1S/C12H9Cl3N2O4S2/c1-5-9(4-10(18)19)22-12(16-5)17-23(20,21)11-7(14)2-6(13)3-8(11)15/h2-3H,4H2,1H3,(H,16,17)(H,18,19)/p-1. The minimum Gasteiger partial charge on any atom is -0.550 e. The van der Waals surface area contributed by atoms with Gasteiger partial charge in [-0.3, -0.25) is 4.72 Å². The van der Waals surface area contributed by atoms with Crippen molar-refractivity contribution in [1.82, 2.24) is 4.98 Å². The molecule has 1 N–H and O–H groups in total. The molecule has 0 saturated carbocycles. The van der Waals surface area contributed by atoms with E-state index < -0.39 is 16.0 Å². The average Bonchev–Trinajstić information content (AvgIpc) is 2.65. The number of carbonyl (C=O) groups is 1. The molecule has 0 spiro atoms. The number of aliphatic carboxylic acids is 1. The number of carbonyl (C=O) groups excluding carboxylic acids is 1. The number of hydrogen-bond donors (Lipinski definition) is 1. The topological polar surface area (TPSA) is 99.2 Å². The van der Waals surface area contributed by atoms with Crippen LogP contribution in [0, 0.1) is 6.92 Å². The van der Waals surface area contributed by atoms with Crippen molar-refractivity contribution in [2.45, 2.75) is 18.2 Å². The van der Waals surface area contributed by atoms with Crippen LogP contribution in [0.4, 0.5) is 5.13 Å². The van der Waals surface area contributed by atoms with Gasteiger partial charge >= 0.3 is 0 Å². The summed E-state index contributed by atoms with van der Waals surface area (Å²) >= 11 is 18.4. The number of anilines is 1. The van der Waals surface area contributed by atoms with Crippen LogP contribution in [-0.2, 0) is 21.2 Å². The first-order valence-corrected chi connectivity index (χ1v) is 9.37. The molecule has 0 aliphatic rings. The minimum absolute atomic E-state index is 0.000772. The molecule has 11 heteroatoms. The van der Waals surface area contributed by atoms with Crippen LogP contribution in [0.2, 0.25) is 15.1 Å². The van der Waals surface area contributed by atoms with Gasteiger partial charge in [0, 0.05) is 22.3 Å². The fraction of sp³-hybridized carbons (Fsp3) is 0.167. The third-order valence-electron chi connectivity index (χ3n) is 2.65. The zero-order valence-corrected chi connectivity index (χ0v) is 15.3. The number of aryl methyl sites for hydroxylation is 1. The number of aromatic nitrogens is 1. The zero-order valence-electron chi connectivity index (χ0n) is 11.4. The molecule has 2 aromatic rings. The molecule has 1 heterocycles. The summed E-state index contributed by atoms with van der Waals surface area (Å²) in [4.78, 5) is 14.7. The molecule has 1 aromatic carbocycles. The van der Waals surface area contributed by atoms with Crippen LogP contribution in [0.3, 0.4) is 0 Å². The number of hydrogen-bond acceptors (Lipinski definition) is 6. The Balaban J connectivity index is 2.38. The summed E-state index contributed by atoms with van der Waals surface area (Å²) in [5.41, 5.74) is 0.394.